The van der Waals surface area contributed by atoms with Gasteiger partial charge in [0.25, 0.3) is 5.91 Å². The van der Waals surface area contributed by atoms with Crippen LogP contribution in [0.1, 0.15) is 24.0 Å². The number of amides is 1. The Balaban J connectivity index is 1.48. The number of rotatable bonds is 7. The third-order valence-electron chi connectivity index (χ3n) is 5.75. The molecule has 1 fully saturated rings. The molecule has 5 nitrogen and oxygen atoms in total. The number of carbonyl (C=O) groups excluding carboxylic acids is 1. The van der Waals surface area contributed by atoms with Crippen LogP contribution < -0.4 is 14.4 Å². The standard InChI is InChI=1S/C24H26BrFN2O3/c1-30-22-15-18-8-11-28(24(29)7-4-17-14-19(25)5-6-20(17)26)21(18)16-23(22)31-13-12-27-9-2-3-10-27/h4-7,14-16H,2-3,8-13H2,1H3/b7-4+. The summed E-state index contributed by atoms with van der Waals surface area (Å²) in [5.74, 6) is 0.766. The molecule has 2 heterocycles. The van der Waals surface area contributed by atoms with Gasteiger partial charge in [-0.05, 0) is 68.3 Å². The molecule has 0 atom stereocenters. The summed E-state index contributed by atoms with van der Waals surface area (Å²) in [6.45, 7) is 4.27. The second-order valence-electron chi connectivity index (χ2n) is 7.77. The number of benzene rings is 2. The minimum Gasteiger partial charge on any atom is -0.493 e. The van der Waals surface area contributed by atoms with Crippen molar-refractivity contribution in [3.05, 3.63) is 57.8 Å². The predicted molar refractivity (Wildman–Crippen MR) is 123 cm³/mol. The first-order valence-corrected chi connectivity index (χ1v) is 11.3. The molecule has 1 amide bonds. The number of methoxy groups -OCH3 is 1. The quantitative estimate of drug-likeness (QED) is 0.530. The van der Waals surface area contributed by atoms with Crippen molar-refractivity contribution in [2.45, 2.75) is 19.3 Å². The molecule has 0 N–H and O–H groups in total. The van der Waals surface area contributed by atoms with Crippen molar-refractivity contribution in [1.29, 1.82) is 0 Å². The molecule has 2 aromatic carbocycles. The van der Waals surface area contributed by atoms with Crippen LogP contribution >= 0.6 is 15.9 Å². The Labute approximate surface area is 190 Å². The first-order valence-electron chi connectivity index (χ1n) is 10.6. The van der Waals surface area contributed by atoms with Gasteiger partial charge in [-0.1, -0.05) is 15.9 Å². The zero-order valence-electron chi connectivity index (χ0n) is 17.6. The first-order chi connectivity index (χ1) is 15.0. The van der Waals surface area contributed by atoms with Gasteiger partial charge in [-0.3, -0.25) is 9.69 Å². The summed E-state index contributed by atoms with van der Waals surface area (Å²) < 4.78 is 26.3. The Morgan fingerprint density at radius 2 is 1.97 bits per heavy atom. The van der Waals surface area contributed by atoms with Gasteiger partial charge in [0.1, 0.15) is 12.4 Å². The number of fused-ring (bicyclic) bond motifs is 1. The lowest BCUT2D eigenvalue weighted by molar-refractivity contribution is -0.114. The number of carbonyl (C=O) groups is 1. The summed E-state index contributed by atoms with van der Waals surface area (Å²) in [7, 11) is 1.63. The Hall–Kier alpha value is -2.38. The highest BCUT2D eigenvalue weighted by Crippen LogP contribution is 2.39. The Kier molecular flexibility index (Phi) is 6.92. The van der Waals surface area contributed by atoms with Crippen molar-refractivity contribution in [1.82, 2.24) is 4.90 Å². The molecule has 2 aromatic rings. The molecule has 2 aliphatic rings. The molecule has 0 aromatic heterocycles. The van der Waals surface area contributed by atoms with E-state index < -0.39 is 0 Å². The van der Waals surface area contributed by atoms with Crippen LogP contribution in [-0.2, 0) is 11.2 Å². The molecule has 1 saturated heterocycles. The molecule has 0 saturated carbocycles. The van der Waals surface area contributed by atoms with Crippen molar-refractivity contribution < 1.29 is 18.7 Å². The average Bonchev–Trinajstić information content (AvgIpc) is 3.43. The van der Waals surface area contributed by atoms with Gasteiger partial charge in [0.15, 0.2) is 11.5 Å². The van der Waals surface area contributed by atoms with Gasteiger partial charge in [0.2, 0.25) is 0 Å². The maximum absolute atomic E-state index is 14.0. The Morgan fingerprint density at radius 3 is 2.74 bits per heavy atom. The molecule has 0 spiro atoms. The van der Waals surface area contributed by atoms with Gasteiger partial charge < -0.3 is 14.4 Å². The number of halogens is 2. The maximum Gasteiger partial charge on any atom is 0.251 e. The lowest BCUT2D eigenvalue weighted by atomic mass is 10.1. The fraction of sp³-hybridized carbons (Fsp3) is 0.375. The van der Waals surface area contributed by atoms with Gasteiger partial charge in [0.05, 0.1) is 12.8 Å². The largest absolute Gasteiger partial charge is 0.493 e. The number of nitrogens with zero attached hydrogens (tertiary/aromatic N) is 2. The van der Waals surface area contributed by atoms with Crippen molar-refractivity contribution in [2.24, 2.45) is 0 Å². The zero-order valence-corrected chi connectivity index (χ0v) is 19.2. The Morgan fingerprint density at radius 1 is 1.16 bits per heavy atom. The maximum atomic E-state index is 14.0. The van der Waals surface area contributed by atoms with Crippen molar-refractivity contribution in [3.63, 3.8) is 0 Å². The summed E-state index contributed by atoms with van der Waals surface area (Å²) in [4.78, 5) is 17.0. The van der Waals surface area contributed by atoms with E-state index in [1.807, 2.05) is 12.1 Å². The third kappa shape index (κ3) is 5.10. The van der Waals surface area contributed by atoms with Crippen molar-refractivity contribution in [3.8, 4) is 11.5 Å². The molecule has 0 unspecified atom stereocenters. The highest BCUT2D eigenvalue weighted by molar-refractivity contribution is 9.10. The van der Waals surface area contributed by atoms with E-state index in [0.29, 0.717) is 30.2 Å². The van der Waals surface area contributed by atoms with Crippen molar-refractivity contribution >= 4 is 33.6 Å². The molecular weight excluding hydrogens is 463 g/mol. The van der Waals surface area contributed by atoms with E-state index in [2.05, 4.69) is 20.8 Å². The topological polar surface area (TPSA) is 42.0 Å². The molecule has 164 valence electrons. The number of hydrogen-bond donors (Lipinski definition) is 0. The number of ether oxygens (including phenoxy) is 2. The van der Waals surface area contributed by atoms with Gasteiger partial charge >= 0.3 is 0 Å². The number of hydrogen-bond acceptors (Lipinski definition) is 4. The van der Waals surface area contributed by atoms with E-state index in [1.54, 1.807) is 24.1 Å². The molecule has 0 aliphatic carbocycles. The number of likely N-dealkylation sites (tertiary alicyclic amines) is 1. The lowest BCUT2D eigenvalue weighted by Crippen LogP contribution is -2.27. The predicted octanol–water partition coefficient (Wildman–Crippen LogP) is 4.67. The summed E-state index contributed by atoms with van der Waals surface area (Å²) in [6.07, 6.45) is 6.16. The smallest absolute Gasteiger partial charge is 0.251 e. The number of anilines is 1. The van der Waals surface area contributed by atoms with Gasteiger partial charge in [-0.25, -0.2) is 4.39 Å². The minimum atomic E-state index is -0.368. The van der Waals surface area contributed by atoms with Gasteiger partial charge in [-0.2, -0.15) is 0 Å². The second-order valence-corrected chi connectivity index (χ2v) is 8.68. The van der Waals surface area contributed by atoms with Crippen LogP contribution in [0, 0.1) is 5.82 Å². The van der Waals surface area contributed by atoms with Crippen LogP contribution in [0.15, 0.2) is 40.9 Å². The molecule has 2 aliphatic heterocycles. The fourth-order valence-corrected chi connectivity index (χ4v) is 4.46. The SMILES string of the molecule is COc1cc2c(cc1OCCN1CCCC1)N(C(=O)/C=C/c1cc(Br)ccc1F)CC2. The molecule has 7 heteroatoms. The van der Waals surface area contributed by atoms with Crippen LogP contribution in [-0.4, -0.2) is 50.7 Å². The molecule has 0 radical (unpaired) electrons. The minimum absolute atomic E-state index is 0.189. The molecular formula is C24H26BrFN2O3. The summed E-state index contributed by atoms with van der Waals surface area (Å²) in [6, 6.07) is 8.48. The highest BCUT2D eigenvalue weighted by atomic mass is 79.9. The highest BCUT2D eigenvalue weighted by Gasteiger charge is 2.26. The second kappa shape index (κ2) is 9.83. The van der Waals surface area contributed by atoms with Gasteiger partial charge in [0, 0.05) is 35.3 Å². The van der Waals surface area contributed by atoms with Gasteiger partial charge in [-0.15, -0.1) is 0 Å². The van der Waals surface area contributed by atoms with E-state index in [-0.39, 0.29) is 11.7 Å². The van der Waals surface area contributed by atoms with Crippen LogP contribution in [0.25, 0.3) is 6.08 Å². The summed E-state index contributed by atoms with van der Waals surface area (Å²) in [5.41, 5.74) is 2.23. The monoisotopic (exact) mass is 488 g/mol. The van der Waals surface area contributed by atoms with E-state index in [9.17, 15) is 9.18 Å². The van der Waals surface area contributed by atoms with E-state index >= 15 is 0 Å². The zero-order chi connectivity index (χ0) is 21.8. The first kappa shape index (κ1) is 21.8. The normalized spacial score (nSPS) is 16.2. The third-order valence-corrected chi connectivity index (χ3v) is 6.25. The fourth-order valence-electron chi connectivity index (χ4n) is 4.08. The van der Waals surface area contributed by atoms with Crippen molar-refractivity contribution in [2.75, 3.05) is 44.8 Å². The molecule has 0 bridgehead atoms. The van der Waals surface area contributed by atoms with E-state index in [4.69, 9.17) is 9.47 Å². The molecule has 31 heavy (non-hydrogen) atoms. The summed E-state index contributed by atoms with van der Waals surface area (Å²) in [5, 5.41) is 0. The van der Waals surface area contributed by atoms with Crippen LogP contribution in [0.2, 0.25) is 0 Å². The average molecular weight is 489 g/mol. The van der Waals surface area contributed by atoms with E-state index in [1.165, 1.54) is 31.1 Å². The van der Waals surface area contributed by atoms with E-state index in [0.717, 1.165) is 41.8 Å². The molecule has 4 rings (SSSR count). The lowest BCUT2D eigenvalue weighted by Gasteiger charge is -2.19. The van der Waals surface area contributed by atoms with Crippen LogP contribution in [0.3, 0.4) is 0 Å². The van der Waals surface area contributed by atoms with Crippen LogP contribution in [0.5, 0.6) is 11.5 Å². The summed E-state index contributed by atoms with van der Waals surface area (Å²) >= 11 is 3.33. The van der Waals surface area contributed by atoms with Crippen LogP contribution in [0.4, 0.5) is 10.1 Å². The Bertz CT molecular complexity index is 989.